The van der Waals surface area contributed by atoms with Crippen molar-refractivity contribution >= 4 is 5.78 Å². The number of nitrogens with zero attached hydrogens (tertiary/aromatic N) is 3. The molecular weight excluding hydrogens is 194 g/mol. The first-order valence-electron chi connectivity index (χ1n) is 5.22. The van der Waals surface area contributed by atoms with E-state index in [0.717, 1.165) is 18.7 Å². The molecular formula is C10H15N3O2. The highest BCUT2D eigenvalue weighted by Gasteiger charge is 2.19. The van der Waals surface area contributed by atoms with Crippen molar-refractivity contribution in [2.75, 3.05) is 0 Å². The van der Waals surface area contributed by atoms with Crippen LogP contribution in [-0.2, 0) is 23.2 Å². The van der Waals surface area contributed by atoms with Crippen molar-refractivity contribution in [2.24, 2.45) is 7.05 Å². The first-order chi connectivity index (χ1) is 7.25. The van der Waals surface area contributed by atoms with Crippen molar-refractivity contribution in [1.82, 2.24) is 14.8 Å². The molecule has 0 bridgehead atoms. The summed E-state index contributed by atoms with van der Waals surface area (Å²) in [4.78, 5) is 11.0. The third-order valence-electron chi connectivity index (χ3n) is 2.74. The normalized spacial score (nSPS) is 18.3. The molecule has 1 heterocycles. The number of aromatic nitrogens is 3. The van der Waals surface area contributed by atoms with E-state index < -0.39 is 0 Å². The average Bonchev–Trinajstić information content (AvgIpc) is 2.63. The molecule has 0 unspecified atom stereocenters. The number of carbonyl (C=O) groups is 1. The van der Waals surface area contributed by atoms with Crippen molar-refractivity contribution in [1.29, 1.82) is 0 Å². The second kappa shape index (κ2) is 4.53. The molecule has 0 N–H and O–H groups in total. The summed E-state index contributed by atoms with van der Waals surface area (Å²) in [5, 5.41) is 7.71. The number of ketones is 1. The Morgan fingerprint density at radius 1 is 1.53 bits per heavy atom. The predicted molar refractivity (Wildman–Crippen MR) is 53.1 cm³/mol. The van der Waals surface area contributed by atoms with Crippen LogP contribution in [0.1, 0.15) is 31.5 Å². The van der Waals surface area contributed by atoms with Gasteiger partial charge in [0.25, 0.3) is 0 Å². The summed E-state index contributed by atoms with van der Waals surface area (Å²) >= 11 is 0. The quantitative estimate of drug-likeness (QED) is 0.740. The summed E-state index contributed by atoms with van der Waals surface area (Å²) in [5.41, 5.74) is 0. The highest BCUT2D eigenvalue weighted by molar-refractivity contribution is 5.79. The standard InChI is InChI=1S/C10H15N3O2/c1-13-7-11-12-10(13)6-15-9-4-2-8(14)3-5-9/h7,9H,2-6H2,1H3. The van der Waals surface area contributed by atoms with E-state index in [1.165, 1.54) is 0 Å². The topological polar surface area (TPSA) is 57.0 Å². The number of carbonyl (C=O) groups excluding carboxylic acids is 1. The Bertz CT molecular complexity index is 338. The number of rotatable bonds is 3. The fourth-order valence-electron chi connectivity index (χ4n) is 1.71. The zero-order valence-electron chi connectivity index (χ0n) is 8.85. The molecule has 0 atom stereocenters. The van der Waals surface area contributed by atoms with Crippen LogP contribution >= 0.6 is 0 Å². The van der Waals surface area contributed by atoms with E-state index in [4.69, 9.17) is 4.74 Å². The molecule has 1 aromatic heterocycles. The van der Waals surface area contributed by atoms with Crippen LogP contribution in [0.15, 0.2) is 6.33 Å². The van der Waals surface area contributed by atoms with Crippen LogP contribution in [0.5, 0.6) is 0 Å². The van der Waals surface area contributed by atoms with E-state index in [2.05, 4.69) is 10.2 Å². The van der Waals surface area contributed by atoms with Gasteiger partial charge in [0.2, 0.25) is 0 Å². The highest BCUT2D eigenvalue weighted by atomic mass is 16.5. The minimum Gasteiger partial charge on any atom is -0.370 e. The van der Waals surface area contributed by atoms with Gasteiger partial charge in [-0.25, -0.2) is 0 Å². The number of hydrogen-bond donors (Lipinski definition) is 0. The van der Waals surface area contributed by atoms with Crippen LogP contribution in [0.4, 0.5) is 0 Å². The second-order valence-corrected chi connectivity index (χ2v) is 3.91. The third-order valence-corrected chi connectivity index (χ3v) is 2.74. The molecule has 0 aromatic carbocycles. The molecule has 1 aliphatic carbocycles. The Hall–Kier alpha value is -1.23. The van der Waals surface area contributed by atoms with Crippen LogP contribution in [0.2, 0.25) is 0 Å². The lowest BCUT2D eigenvalue weighted by Gasteiger charge is -2.20. The van der Waals surface area contributed by atoms with E-state index in [0.29, 0.717) is 25.2 Å². The molecule has 15 heavy (non-hydrogen) atoms. The second-order valence-electron chi connectivity index (χ2n) is 3.91. The van der Waals surface area contributed by atoms with Crippen LogP contribution in [-0.4, -0.2) is 26.7 Å². The fraction of sp³-hybridized carbons (Fsp3) is 0.700. The largest absolute Gasteiger partial charge is 0.370 e. The Kier molecular flexibility index (Phi) is 3.11. The lowest BCUT2D eigenvalue weighted by Crippen LogP contribution is -2.21. The molecule has 5 nitrogen and oxygen atoms in total. The maximum atomic E-state index is 11.0. The van der Waals surface area contributed by atoms with Crippen LogP contribution in [0, 0.1) is 0 Å². The number of ether oxygens (including phenoxy) is 1. The summed E-state index contributed by atoms with van der Waals surface area (Å²) < 4.78 is 7.52. The van der Waals surface area contributed by atoms with Gasteiger partial charge in [0.05, 0.1) is 6.10 Å². The highest BCUT2D eigenvalue weighted by Crippen LogP contribution is 2.18. The summed E-state index contributed by atoms with van der Waals surface area (Å²) in [6.07, 6.45) is 4.86. The zero-order chi connectivity index (χ0) is 10.7. The summed E-state index contributed by atoms with van der Waals surface area (Å²) in [6.45, 7) is 0.482. The van der Waals surface area contributed by atoms with Gasteiger partial charge in [0.1, 0.15) is 18.7 Å². The Labute approximate surface area is 88.4 Å². The summed E-state index contributed by atoms with van der Waals surface area (Å²) in [7, 11) is 1.89. The Morgan fingerprint density at radius 2 is 2.27 bits per heavy atom. The number of Topliss-reactive ketones (excluding diaryl/α,β-unsaturated/α-hetero) is 1. The number of hydrogen-bond acceptors (Lipinski definition) is 4. The van der Waals surface area contributed by atoms with Gasteiger partial charge in [-0.1, -0.05) is 0 Å². The van der Waals surface area contributed by atoms with Gasteiger partial charge >= 0.3 is 0 Å². The van der Waals surface area contributed by atoms with Crippen LogP contribution in [0.3, 0.4) is 0 Å². The van der Waals surface area contributed by atoms with Gasteiger partial charge in [-0.15, -0.1) is 10.2 Å². The molecule has 0 saturated heterocycles. The van der Waals surface area contributed by atoms with E-state index in [9.17, 15) is 4.79 Å². The SMILES string of the molecule is Cn1cnnc1COC1CCC(=O)CC1. The van der Waals surface area contributed by atoms with Gasteiger partial charge in [-0.2, -0.15) is 0 Å². The first kappa shape index (κ1) is 10.3. The van der Waals surface area contributed by atoms with E-state index in [1.807, 2.05) is 11.6 Å². The molecule has 0 aliphatic heterocycles. The molecule has 1 fully saturated rings. The molecule has 2 rings (SSSR count). The van der Waals surface area contributed by atoms with Crippen molar-refractivity contribution in [3.63, 3.8) is 0 Å². The maximum Gasteiger partial charge on any atom is 0.158 e. The molecule has 0 radical (unpaired) electrons. The lowest BCUT2D eigenvalue weighted by atomic mass is 9.96. The van der Waals surface area contributed by atoms with E-state index in [-0.39, 0.29) is 6.10 Å². The zero-order valence-corrected chi connectivity index (χ0v) is 8.85. The van der Waals surface area contributed by atoms with E-state index >= 15 is 0 Å². The molecule has 5 heteroatoms. The molecule has 1 aliphatic rings. The molecule has 0 amide bonds. The maximum absolute atomic E-state index is 11.0. The minimum absolute atomic E-state index is 0.208. The Balaban J connectivity index is 1.79. The van der Waals surface area contributed by atoms with Crippen LogP contribution in [0.25, 0.3) is 0 Å². The monoisotopic (exact) mass is 209 g/mol. The van der Waals surface area contributed by atoms with Crippen molar-refractivity contribution in [2.45, 2.75) is 38.4 Å². The lowest BCUT2D eigenvalue weighted by molar-refractivity contribution is -0.123. The van der Waals surface area contributed by atoms with Gasteiger partial charge in [0.15, 0.2) is 5.82 Å². The molecule has 1 aromatic rings. The Morgan fingerprint density at radius 3 is 2.87 bits per heavy atom. The van der Waals surface area contributed by atoms with Crippen LogP contribution < -0.4 is 0 Å². The van der Waals surface area contributed by atoms with Crippen molar-refractivity contribution in [3.8, 4) is 0 Å². The minimum atomic E-state index is 0.208. The third kappa shape index (κ3) is 2.62. The summed E-state index contributed by atoms with van der Waals surface area (Å²) in [6, 6.07) is 0. The van der Waals surface area contributed by atoms with Gasteiger partial charge in [-0.3, -0.25) is 4.79 Å². The predicted octanol–water partition coefficient (Wildman–Crippen LogP) is 0.843. The smallest absolute Gasteiger partial charge is 0.158 e. The van der Waals surface area contributed by atoms with Gasteiger partial charge < -0.3 is 9.30 Å². The van der Waals surface area contributed by atoms with E-state index in [1.54, 1.807) is 6.33 Å². The average molecular weight is 209 g/mol. The van der Waals surface area contributed by atoms with Gasteiger partial charge in [0, 0.05) is 19.9 Å². The summed E-state index contributed by atoms with van der Waals surface area (Å²) in [5.74, 6) is 1.18. The molecule has 82 valence electrons. The molecule has 0 spiro atoms. The van der Waals surface area contributed by atoms with Crippen molar-refractivity contribution in [3.05, 3.63) is 12.2 Å². The van der Waals surface area contributed by atoms with Gasteiger partial charge in [-0.05, 0) is 12.8 Å². The first-order valence-corrected chi connectivity index (χ1v) is 5.22. The van der Waals surface area contributed by atoms with Crippen molar-refractivity contribution < 1.29 is 9.53 Å². The number of aryl methyl sites for hydroxylation is 1. The fourth-order valence-corrected chi connectivity index (χ4v) is 1.71. The molecule has 1 saturated carbocycles.